The molecule has 0 bridgehead atoms. The molecule has 23 heavy (non-hydrogen) atoms. The van der Waals surface area contributed by atoms with Gasteiger partial charge in [-0.3, -0.25) is 9.48 Å². The summed E-state index contributed by atoms with van der Waals surface area (Å²) >= 11 is 0. The summed E-state index contributed by atoms with van der Waals surface area (Å²) in [5, 5.41) is 4.25. The highest BCUT2D eigenvalue weighted by molar-refractivity contribution is 5.76. The largest absolute Gasteiger partial charge is 0.464 e. The van der Waals surface area contributed by atoms with E-state index in [9.17, 15) is 4.79 Å². The normalized spacial score (nSPS) is 21.6. The molecule has 3 rings (SSSR count). The quantitative estimate of drug-likeness (QED) is 0.868. The first-order valence-corrected chi connectivity index (χ1v) is 8.38. The maximum Gasteiger partial charge on any atom is 0.225 e. The molecule has 0 N–H and O–H groups in total. The zero-order valence-corrected chi connectivity index (χ0v) is 14.2. The third kappa shape index (κ3) is 3.66. The van der Waals surface area contributed by atoms with Crippen LogP contribution in [-0.2, 0) is 11.3 Å². The van der Waals surface area contributed by atoms with Crippen molar-refractivity contribution in [2.75, 3.05) is 6.54 Å². The second-order valence-corrected chi connectivity index (χ2v) is 6.71. The van der Waals surface area contributed by atoms with Crippen LogP contribution in [0, 0.1) is 19.8 Å². The maximum atomic E-state index is 12.7. The fourth-order valence-corrected chi connectivity index (χ4v) is 3.29. The highest BCUT2D eigenvalue weighted by atomic mass is 16.3. The number of rotatable bonds is 4. The van der Waals surface area contributed by atoms with Crippen LogP contribution in [0.1, 0.15) is 49.3 Å². The van der Waals surface area contributed by atoms with Crippen molar-refractivity contribution >= 4 is 5.91 Å². The second-order valence-electron chi connectivity index (χ2n) is 6.71. The molecule has 1 saturated heterocycles. The van der Waals surface area contributed by atoms with Gasteiger partial charge in [0.05, 0.1) is 12.2 Å². The molecular weight excluding hydrogens is 290 g/mol. The van der Waals surface area contributed by atoms with E-state index in [-0.39, 0.29) is 11.9 Å². The predicted molar refractivity (Wildman–Crippen MR) is 87.9 cm³/mol. The number of aromatic nitrogens is 2. The van der Waals surface area contributed by atoms with Gasteiger partial charge in [0, 0.05) is 25.7 Å². The van der Waals surface area contributed by atoms with E-state index in [1.807, 2.05) is 48.0 Å². The molecule has 2 atom stereocenters. The van der Waals surface area contributed by atoms with E-state index in [0.29, 0.717) is 18.9 Å². The van der Waals surface area contributed by atoms with Crippen molar-refractivity contribution in [3.8, 4) is 0 Å². The fourth-order valence-electron chi connectivity index (χ4n) is 3.29. The van der Waals surface area contributed by atoms with Gasteiger partial charge in [0.2, 0.25) is 5.91 Å². The summed E-state index contributed by atoms with van der Waals surface area (Å²) < 4.78 is 7.65. The number of piperidine rings is 1. The number of carbonyl (C=O) groups is 1. The summed E-state index contributed by atoms with van der Waals surface area (Å²) in [5.74, 6) is 2.61. The van der Waals surface area contributed by atoms with Gasteiger partial charge in [0.25, 0.3) is 0 Å². The zero-order chi connectivity index (χ0) is 16.4. The number of amides is 1. The lowest BCUT2D eigenvalue weighted by molar-refractivity contribution is -0.136. The van der Waals surface area contributed by atoms with Crippen molar-refractivity contribution < 1.29 is 9.21 Å². The van der Waals surface area contributed by atoms with E-state index in [0.717, 1.165) is 36.5 Å². The standard InChI is InChI=1S/C18H25N3O2/c1-13-6-9-21(16(10-13)17-5-4-15(3)23-17)18(22)7-8-20-12-14(2)11-19-20/h4-5,11-13,16H,6-10H2,1-3H3. The number of furan rings is 1. The Morgan fingerprint density at radius 1 is 1.39 bits per heavy atom. The van der Waals surface area contributed by atoms with Gasteiger partial charge in [-0.25, -0.2) is 0 Å². The zero-order valence-electron chi connectivity index (χ0n) is 14.2. The molecule has 0 aliphatic carbocycles. The van der Waals surface area contributed by atoms with Crippen LogP contribution in [0.25, 0.3) is 0 Å². The van der Waals surface area contributed by atoms with E-state index in [4.69, 9.17) is 4.42 Å². The average Bonchev–Trinajstić information content (AvgIpc) is 3.13. The summed E-state index contributed by atoms with van der Waals surface area (Å²) in [4.78, 5) is 14.7. The summed E-state index contributed by atoms with van der Waals surface area (Å²) in [6.45, 7) is 7.64. The van der Waals surface area contributed by atoms with E-state index >= 15 is 0 Å². The topological polar surface area (TPSA) is 51.3 Å². The first-order valence-electron chi connectivity index (χ1n) is 8.38. The molecule has 0 spiro atoms. The SMILES string of the molecule is Cc1cnn(CCC(=O)N2CCC(C)CC2c2ccc(C)o2)c1. The number of hydrogen-bond acceptors (Lipinski definition) is 3. The summed E-state index contributed by atoms with van der Waals surface area (Å²) in [6.07, 6.45) is 6.30. The summed E-state index contributed by atoms with van der Waals surface area (Å²) in [7, 11) is 0. The van der Waals surface area contributed by atoms with Crippen LogP contribution in [0.5, 0.6) is 0 Å². The van der Waals surface area contributed by atoms with Gasteiger partial charge >= 0.3 is 0 Å². The van der Waals surface area contributed by atoms with Gasteiger partial charge in [0.15, 0.2) is 0 Å². The van der Waals surface area contributed by atoms with Crippen LogP contribution in [0.3, 0.4) is 0 Å². The Balaban J connectivity index is 1.68. The van der Waals surface area contributed by atoms with Crippen LogP contribution in [0.2, 0.25) is 0 Å². The molecule has 1 aliphatic heterocycles. The molecule has 5 heteroatoms. The van der Waals surface area contributed by atoms with Crippen molar-refractivity contribution in [2.24, 2.45) is 5.92 Å². The van der Waals surface area contributed by atoms with Crippen LogP contribution < -0.4 is 0 Å². The number of hydrogen-bond donors (Lipinski definition) is 0. The highest BCUT2D eigenvalue weighted by Gasteiger charge is 2.32. The summed E-state index contributed by atoms with van der Waals surface area (Å²) in [6, 6.07) is 4.05. The van der Waals surface area contributed by atoms with Gasteiger partial charge in [-0.05, 0) is 50.3 Å². The molecule has 0 saturated carbocycles. The molecule has 0 radical (unpaired) electrons. The van der Waals surface area contributed by atoms with Crippen molar-refractivity contribution in [1.82, 2.24) is 14.7 Å². The Labute approximate surface area is 137 Å². The van der Waals surface area contributed by atoms with Crippen LogP contribution >= 0.6 is 0 Å². The Kier molecular flexibility index (Phi) is 4.55. The molecular formula is C18H25N3O2. The second kappa shape index (κ2) is 6.60. The molecule has 5 nitrogen and oxygen atoms in total. The van der Waals surface area contributed by atoms with E-state index in [2.05, 4.69) is 12.0 Å². The van der Waals surface area contributed by atoms with E-state index < -0.39 is 0 Å². The first-order chi connectivity index (χ1) is 11.0. The van der Waals surface area contributed by atoms with Gasteiger partial charge in [-0.2, -0.15) is 5.10 Å². The molecule has 2 unspecified atom stereocenters. The van der Waals surface area contributed by atoms with Crippen LogP contribution in [0.15, 0.2) is 28.9 Å². The molecule has 2 aromatic rings. The van der Waals surface area contributed by atoms with Crippen molar-refractivity contribution in [2.45, 2.75) is 52.6 Å². The lowest BCUT2D eigenvalue weighted by atomic mass is 9.91. The minimum atomic E-state index is 0.0688. The fraction of sp³-hybridized carbons (Fsp3) is 0.556. The molecule has 1 aliphatic rings. The number of carbonyl (C=O) groups excluding carboxylic acids is 1. The van der Waals surface area contributed by atoms with Gasteiger partial charge in [0.1, 0.15) is 11.5 Å². The van der Waals surface area contributed by atoms with Crippen molar-refractivity contribution in [1.29, 1.82) is 0 Å². The third-order valence-electron chi connectivity index (χ3n) is 4.59. The number of nitrogens with zero attached hydrogens (tertiary/aromatic N) is 3. The van der Waals surface area contributed by atoms with Crippen molar-refractivity contribution in [3.05, 3.63) is 41.6 Å². The molecule has 124 valence electrons. The Morgan fingerprint density at radius 3 is 2.87 bits per heavy atom. The number of likely N-dealkylation sites (tertiary alicyclic amines) is 1. The van der Waals surface area contributed by atoms with Crippen LogP contribution in [-0.4, -0.2) is 27.1 Å². The lowest BCUT2D eigenvalue weighted by Gasteiger charge is -2.37. The molecule has 3 heterocycles. The van der Waals surface area contributed by atoms with Gasteiger partial charge in [-0.15, -0.1) is 0 Å². The maximum absolute atomic E-state index is 12.7. The Hall–Kier alpha value is -2.04. The van der Waals surface area contributed by atoms with E-state index in [1.165, 1.54) is 0 Å². The monoisotopic (exact) mass is 315 g/mol. The minimum absolute atomic E-state index is 0.0688. The van der Waals surface area contributed by atoms with Gasteiger partial charge < -0.3 is 9.32 Å². The summed E-state index contributed by atoms with van der Waals surface area (Å²) in [5.41, 5.74) is 1.12. The highest BCUT2D eigenvalue weighted by Crippen LogP contribution is 2.35. The number of aryl methyl sites for hydroxylation is 3. The predicted octanol–water partition coefficient (Wildman–Crippen LogP) is 3.48. The molecule has 1 amide bonds. The van der Waals surface area contributed by atoms with E-state index in [1.54, 1.807) is 0 Å². The van der Waals surface area contributed by atoms with Gasteiger partial charge in [-0.1, -0.05) is 6.92 Å². The Bertz CT molecular complexity index is 673. The molecule has 1 fully saturated rings. The minimum Gasteiger partial charge on any atom is -0.464 e. The Morgan fingerprint density at radius 2 is 2.22 bits per heavy atom. The van der Waals surface area contributed by atoms with Crippen molar-refractivity contribution in [3.63, 3.8) is 0 Å². The van der Waals surface area contributed by atoms with Crippen LogP contribution in [0.4, 0.5) is 0 Å². The third-order valence-corrected chi connectivity index (χ3v) is 4.59. The average molecular weight is 315 g/mol. The molecule has 2 aromatic heterocycles. The smallest absolute Gasteiger partial charge is 0.225 e. The first kappa shape index (κ1) is 15.8. The molecule has 0 aromatic carbocycles. The lowest BCUT2D eigenvalue weighted by Crippen LogP contribution is -2.40.